The number of nitro groups is 1. The number of nitro benzene ring substituents is 1. The van der Waals surface area contributed by atoms with Gasteiger partial charge in [-0.1, -0.05) is 6.07 Å². The molecule has 1 unspecified atom stereocenters. The minimum Gasteiger partial charge on any atom is -0.479 e. The van der Waals surface area contributed by atoms with E-state index in [1.54, 1.807) is 37.4 Å². The molecule has 0 aliphatic heterocycles. The molecule has 2 aromatic heterocycles. The summed E-state index contributed by atoms with van der Waals surface area (Å²) in [5, 5.41) is 18.4. The Kier molecular flexibility index (Phi) is 6.20. The summed E-state index contributed by atoms with van der Waals surface area (Å²) in [4.78, 5) is 23.2. The molecule has 1 amide bonds. The van der Waals surface area contributed by atoms with Crippen molar-refractivity contribution in [3.63, 3.8) is 0 Å². The van der Waals surface area contributed by atoms with Gasteiger partial charge in [-0.05, 0) is 51.5 Å². The Bertz CT molecular complexity index is 1070. The molecule has 1 atom stereocenters. The molecule has 0 aliphatic rings. The summed E-state index contributed by atoms with van der Waals surface area (Å²) in [6.07, 6.45) is 1.75. The maximum Gasteiger partial charge on any atom is 0.311 e. The molecule has 0 saturated heterocycles. The average Bonchev–Trinajstić information content (AvgIpc) is 3.33. The van der Waals surface area contributed by atoms with Crippen molar-refractivity contribution in [1.29, 1.82) is 0 Å². The highest BCUT2D eigenvalue weighted by Crippen LogP contribution is 2.28. The smallest absolute Gasteiger partial charge is 0.311 e. The van der Waals surface area contributed by atoms with Gasteiger partial charge < -0.3 is 14.5 Å². The Labute approximate surface area is 173 Å². The maximum atomic E-state index is 12.5. The zero-order valence-electron chi connectivity index (χ0n) is 17.3. The van der Waals surface area contributed by atoms with Crippen LogP contribution in [0.4, 0.5) is 5.69 Å². The Morgan fingerprint density at radius 1 is 1.33 bits per heavy atom. The quantitative estimate of drug-likeness (QED) is 0.440. The monoisotopic (exact) mass is 412 g/mol. The Morgan fingerprint density at radius 2 is 2.10 bits per heavy atom. The Balaban J connectivity index is 1.64. The fourth-order valence-corrected chi connectivity index (χ4v) is 3.17. The number of nitrogens with zero attached hydrogens (tertiary/aromatic N) is 3. The van der Waals surface area contributed by atoms with Crippen LogP contribution >= 0.6 is 0 Å². The average molecular weight is 412 g/mol. The Morgan fingerprint density at radius 3 is 2.77 bits per heavy atom. The highest BCUT2D eigenvalue weighted by Gasteiger charge is 2.19. The summed E-state index contributed by atoms with van der Waals surface area (Å²) >= 11 is 0. The third-order valence-electron chi connectivity index (χ3n) is 4.82. The zero-order chi connectivity index (χ0) is 21.8. The molecule has 3 rings (SSSR count). The number of rotatable bonds is 8. The predicted octanol–water partition coefficient (Wildman–Crippen LogP) is 4.09. The van der Waals surface area contributed by atoms with E-state index in [-0.39, 0.29) is 35.8 Å². The number of carbonyl (C=O) groups excluding carboxylic acids is 1. The molecule has 2 heterocycles. The molecular formula is C21H24N4O5. The van der Waals surface area contributed by atoms with Gasteiger partial charge in [0, 0.05) is 23.9 Å². The van der Waals surface area contributed by atoms with Crippen molar-refractivity contribution in [2.45, 2.75) is 46.9 Å². The summed E-state index contributed by atoms with van der Waals surface area (Å²) in [5.74, 6) is 0.306. The van der Waals surface area contributed by atoms with Crippen molar-refractivity contribution < 1.29 is 18.9 Å². The van der Waals surface area contributed by atoms with E-state index in [9.17, 15) is 14.9 Å². The second-order valence-electron chi connectivity index (χ2n) is 6.98. The van der Waals surface area contributed by atoms with Crippen LogP contribution in [-0.2, 0) is 13.2 Å². The summed E-state index contributed by atoms with van der Waals surface area (Å²) in [5.41, 5.74) is 2.58. The molecule has 0 aliphatic carbocycles. The van der Waals surface area contributed by atoms with E-state index in [1.165, 1.54) is 6.07 Å². The van der Waals surface area contributed by atoms with Gasteiger partial charge in [-0.15, -0.1) is 0 Å². The minimum absolute atomic E-state index is 0.0326. The summed E-state index contributed by atoms with van der Waals surface area (Å²) in [7, 11) is 0. The van der Waals surface area contributed by atoms with E-state index < -0.39 is 4.92 Å². The van der Waals surface area contributed by atoms with Crippen LogP contribution in [0.15, 0.2) is 40.9 Å². The van der Waals surface area contributed by atoms with Crippen molar-refractivity contribution >= 4 is 11.6 Å². The molecule has 3 aromatic rings. The van der Waals surface area contributed by atoms with Crippen LogP contribution < -0.4 is 10.1 Å². The molecule has 9 heteroatoms. The topological polar surface area (TPSA) is 112 Å². The third kappa shape index (κ3) is 4.51. The number of carbonyl (C=O) groups is 1. The summed E-state index contributed by atoms with van der Waals surface area (Å²) < 4.78 is 13.0. The van der Waals surface area contributed by atoms with Crippen LogP contribution in [0.3, 0.4) is 0 Å². The molecule has 0 saturated carbocycles. The molecule has 9 nitrogen and oxygen atoms in total. The van der Waals surface area contributed by atoms with Crippen LogP contribution in [0.25, 0.3) is 0 Å². The van der Waals surface area contributed by atoms with Crippen molar-refractivity contribution in [2.75, 3.05) is 0 Å². The molecule has 0 bridgehead atoms. The molecule has 1 N–H and O–H groups in total. The number of aryl methyl sites for hydroxylation is 2. The number of furan rings is 1. The van der Waals surface area contributed by atoms with E-state index in [0.29, 0.717) is 5.76 Å². The van der Waals surface area contributed by atoms with Gasteiger partial charge in [-0.2, -0.15) is 5.10 Å². The first kappa shape index (κ1) is 21.1. The van der Waals surface area contributed by atoms with Crippen LogP contribution in [0, 0.1) is 24.0 Å². The lowest BCUT2D eigenvalue weighted by atomic mass is 10.1. The number of aromatic nitrogens is 2. The van der Waals surface area contributed by atoms with E-state index >= 15 is 0 Å². The van der Waals surface area contributed by atoms with Crippen LogP contribution in [0.2, 0.25) is 0 Å². The fourth-order valence-electron chi connectivity index (χ4n) is 3.17. The second kappa shape index (κ2) is 8.81. The molecule has 0 fully saturated rings. The number of ether oxygens (including phenoxy) is 1. The van der Waals surface area contributed by atoms with Crippen molar-refractivity contribution in [2.24, 2.45) is 0 Å². The standard InChI is InChI=1S/C21H24N4O5/c1-5-24-15(4)17(11-22-24)14(3)23-21(26)20-9-7-16(30-20)12-29-19-8-6-13(2)10-18(19)25(27)28/h6-11,14H,5,12H2,1-4H3,(H,23,26). The lowest BCUT2D eigenvalue weighted by molar-refractivity contribution is -0.386. The van der Waals surface area contributed by atoms with E-state index in [2.05, 4.69) is 10.4 Å². The lowest BCUT2D eigenvalue weighted by Gasteiger charge is -2.13. The molecular weight excluding hydrogens is 388 g/mol. The minimum atomic E-state index is -0.493. The SMILES string of the molecule is CCn1ncc(C(C)NC(=O)c2ccc(COc3ccc(C)cc3[N+](=O)[O-])o2)c1C. The van der Waals surface area contributed by atoms with Gasteiger partial charge in [-0.3, -0.25) is 19.6 Å². The number of hydrogen-bond donors (Lipinski definition) is 1. The van der Waals surface area contributed by atoms with Crippen LogP contribution in [0.1, 0.15) is 53.0 Å². The molecule has 0 radical (unpaired) electrons. The number of nitrogens with one attached hydrogen (secondary N) is 1. The highest BCUT2D eigenvalue weighted by molar-refractivity contribution is 5.91. The fraction of sp³-hybridized carbons (Fsp3) is 0.333. The normalized spacial score (nSPS) is 11.9. The number of amides is 1. The number of hydrogen-bond acceptors (Lipinski definition) is 6. The largest absolute Gasteiger partial charge is 0.479 e. The first-order valence-electron chi connectivity index (χ1n) is 9.59. The summed E-state index contributed by atoms with van der Waals surface area (Å²) in [6, 6.07) is 7.64. The van der Waals surface area contributed by atoms with Gasteiger partial charge in [-0.25, -0.2) is 0 Å². The van der Waals surface area contributed by atoms with Crippen molar-refractivity contribution in [1.82, 2.24) is 15.1 Å². The zero-order valence-corrected chi connectivity index (χ0v) is 17.3. The van der Waals surface area contributed by atoms with Crippen LogP contribution in [-0.4, -0.2) is 20.6 Å². The molecule has 30 heavy (non-hydrogen) atoms. The molecule has 0 spiro atoms. The third-order valence-corrected chi connectivity index (χ3v) is 4.82. The van der Waals surface area contributed by atoms with Crippen molar-refractivity contribution in [3.05, 3.63) is 75.0 Å². The predicted molar refractivity (Wildman–Crippen MR) is 109 cm³/mol. The van der Waals surface area contributed by atoms with E-state index in [4.69, 9.17) is 9.15 Å². The highest BCUT2D eigenvalue weighted by atomic mass is 16.6. The summed E-state index contributed by atoms with van der Waals surface area (Å²) in [6.45, 7) is 8.34. The van der Waals surface area contributed by atoms with E-state index in [1.807, 2.05) is 25.5 Å². The van der Waals surface area contributed by atoms with Gasteiger partial charge in [0.2, 0.25) is 0 Å². The van der Waals surface area contributed by atoms with Gasteiger partial charge in [0.25, 0.3) is 5.91 Å². The van der Waals surface area contributed by atoms with Crippen molar-refractivity contribution in [3.8, 4) is 5.75 Å². The Hall–Kier alpha value is -3.62. The lowest BCUT2D eigenvalue weighted by Crippen LogP contribution is -2.26. The van der Waals surface area contributed by atoms with Gasteiger partial charge >= 0.3 is 5.69 Å². The van der Waals surface area contributed by atoms with Crippen LogP contribution in [0.5, 0.6) is 5.75 Å². The first-order valence-corrected chi connectivity index (χ1v) is 9.59. The number of benzene rings is 1. The molecule has 158 valence electrons. The van der Waals surface area contributed by atoms with Gasteiger partial charge in [0.15, 0.2) is 11.5 Å². The second-order valence-corrected chi connectivity index (χ2v) is 6.98. The molecule has 1 aromatic carbocycles. The maximum absolute atomic E-state index is 12.5. The van der Waals surface area contributed by atoms with Gasteiger partial charge in [0.05, 0.1) is 17.2 Å². The van der Waals surface area contributed by atoms with E-state index in [0.717, 1.165) is 23.4 Å². The first-order chi connectivity index (χ1) is 14.3. The van der Waals surface area contributed by atoms with Gasteiger partial charge in [0.1, 0.15) is 12.4 Å².